The highest BCUT2D eigenvalue weighted by atomic mass is 35.5. The van der Waals surface area contributed by atoms with Crippen molar-refractivity contribution in [2.45, 2.75) is 19.4 Å². The van der Waals surface area contributed by atoms with Crippen molar-refractivity contribution < 1.29 is 19.4 Å². The van der Waals surface area contributed by atoms with Crippen LogP contribution in [0.15, 0.2) is 18.2 Å². The highest BCUT2D eigenvalue weighted by Crippen LogP contribution is 2.19. The van der Waals surface area contributed by atoms with Crippen LogP contribution < -0.4 is 5.32 Å². The first-order valence-corrected chi connectivity index (χ1v) is 5.99. The van der Waals surface area contributed by atoms with E-state index in [0.29, 0.717) is 16.1 Å². The van der Waals surface area contributed by atoms with E-state index in [9.17, 15) is 9.59 Å². The summed E-state index contributed by atoms with van der Waals surface area (Å²) in [7, 11) is 1.37. The molecule has 0 saturated carbocycles. The van der Waals surface area contributed by atoms with Gasteiger partial charge >= 0.3 is 5.97 Å². The normalized spacial score (nSPS) is 13.7. The molecule has 1 aromatic rings. The van der Waals surface area contributed by atoms with Crippen molar-refractivity contribution in [1.82, 2.24) is 5.32 Å². The van der Waals surface area contributed by atoms with E-state index >= 15 is 0 Å². The van der Waals surface area contributed by atoms with Gasteiger partial charge in [-0.1, -0.05) is 17.7 Å². The van der Waals surface area contributed by atoms with Crippen LogP contribution in [0.25, 0.3) is 0 Å². The number of benzene rings is 1. The Kier molecular flexibility index (Phi) is 4.91. The maximum Gasteiger partial charge on any atom is 0.331 e. The average molecular weight is 286 g/mol. The van der Waals surface area contributed by atoms with Crippen molar-refractivity contribution in [1.29, 1.82) is 0 Å². The number of rotatable bonds is 5. The second-order valence-electron chi connectivity index (χ2n) is 4.44. The van der Waals surface area contributed by atoms with E-state index in [1.54, 1.807) is 25.1 Å². The molecule has 0 saturated heterocycles. The number of amides is 1. The molecule has 1 rings (SSSR count). The highest BCUT2D eigenvalue weighted by Gasteiger charge is 2.35. The Hall–Kier alpha value is -1.59. The summed E-state index contributed by atoms with van der Waals surface area (Å²) in [5.74, 6) is -1.66. The Bertz CT molecular complexity index is 503. The molecular weight excluding hydrogens is 270 g/mol. The van der Waals surface area contributed by atoms with Gasteiger partial charge in [0.2, 0.25) is 0 Å². The van der Waals surface area contributed by atoms with Crippen LogP contribution in [-0.2, 0) is 9.53 Å². The molecule has 0 heterocycles. The van der Waals surface area contributed by atoms with E-state index in [1.165, 1.54) is 14.0 Å². The highest BCUT2D eigenvalue weighted by molar-refractivity contribution is 6.31. The SMILES string of the molecule is COCC(C)(NC(=O)c1cccc(Cl)c1C)C(=O)O. The zero-order valence-corrected chi connectivity index (χ0v) is 11.7. The first kappa shape index (κ1) is 15.5. The van der Waals surface area contributed by atoms with Crippen molar-refractivity contribution in [3.8, 4) is 0 Å². The lowest BCUT2D eigenvalue weighted by atomic mass is 10.0. The zero-order chi connectivity index (χ0) is 14.6. The fraction of sp³-hybridized carbons (Fsp3) is 0.385. The standard InChI is InChI=1S/C13H16ClNO4/c1-8-9(5-4-6-10(8)14)11(16)15-13(2,7-19-3)12(17)18/h4-6H,7H2,1-3H3,(H,15,16)(H,17,18). The first-order chi connectivity index (χ1) is 8.81. The van der Waals surface area contributed by atoms with Gasteiger partial charge in [-0.15, -0.1) is 0 Å². The van der Waals surface area contributed by atoms with Gasteiger partial charge in [0.1, 0.15) is 0 Å². The van der Waals surface area contributed by atoms with E-state index < -0.39 is 17.4 Å². The molecule has 0 aliphatic heterocycles. The van der Waals surface area contributed by atoms with Crippen LogP contribution in [0, 0.1) is 6.92 Å². The summed E-state index contributed by atoms with van der Waals surface area (Å²) in [6.07, 6.45) is 0. The van der Waals surface area contributed by atoms with Gasteiger partial charge < -0.3 is 15.2 Å². The number of ether oxygens (including phenoxy) is 1. The molecule has 1 aromatic carbocycles. The van der Waals surface area contributed by atoms with Crippen LogP contribution in [0.4, 0.5) is 0 Å². The van der Waals surface area contributed by atoms with Crippen LogP contribution in [0.2, 0.25) is 5.02 Å². The maximum atomic E-state index is 12.1. The molecule has 1 atom stereocenters. The number of halogens is 1. The Morgan fingerprint density at radius 3 is 2.63 bits per heavy atom. The van der Waals surface area contributed by atoms with E-state index in [4.69, 9.17) is 21.4 Å². The van der Waals surface area contributed by atoms with Gasteiger partial charge in [0.05, 0.1) is 6.61 Å². The molecule has 6 heteroatoms. The summed E-state index contributed by atoms with van der Waals surface area (Å²) in [5, 5.41) is 12.1. The van der Waals surface area contributed by atoms with Crippen molar-refractivity contribution in [3.63, 3.8) is 0 Å². The third kappa shape index (κ3) is 3.45. The molecule has 0 aliphatic carbocycles. The van der Waals surface area contributed by atoms with E-state index in [1.807, 2.05) is 0 Å². The minimum atomic E-state index is -1.49. The Morgan fingerprint density at radius 2 is 2.11 bits per heavy atom. The number of methoxy groups -OCH3 is 1. The van der Waals surface area contributed by atoms with Crippen molar-refractivity contribution in [2.24, 2.45) is 0 Å². The summed E-state index contributed by atoms with van der Waals surface area (Å²) in [6, 6.07) is 4.89. The van der Waals surface area contributed by atoms with Crippen LogP contribution in [0.3, 0.4) is 0 Å². The summed E-state index contributed by atoms with van der Waals surface area (Å²) < 4.78 is 4.84. The van der Waals surface area contributed by atoms with Gasteiger partial charge in [-0.05, 0) is 31.5 Å². The molecule has 5 nitrogen and oxygen atoms in total. The summed E-state index contributed by atoms with van der Waals surface area (Å²) in [6.45, 7) is 2.95. The molecule has 104 valence electrons. The number of carboxylic acid groups (broad SMARTS) is 1. The lowest BCUT2D eigenvalue weighted by molar-refractivity contribution is -0.145. The molecule has 19 heavy (non-hydrogen) atoms. The monoisotopic (exact) mass is 285 g/mol. The molecule has 0 fully saturated rings. The van der Waals surface area contributed by atoms with Gasteiger partial charge in [0, 0.05) is 17.7 Å². The second-order valence-corrected chi connectivity index (χ2v) is 4.84. The van der Waals surface area contributed by atoms with E-state index in [2.05, 4.69) is 5.32 Å². The number of carbonyl (C=O) groups excluding carboxylic acids is 1. The number of hydrogen-bond acceptors (Lipinski definition) is 3. The molecule has 0 aliphatic rings. The molecule has 0 bridgehead atoms. The molecule has 2 N–H and O–H groups in total. The molecular formula is C13H16ClNO4. The maximum absolute atomic E-state index is 12.1. The first-order valence-electron chi connectivity index (χ1n) is 5.62. The van der Waals surface area contributed by atoms with Crippen molar-refractivity contribution in [3.05, 3.63) is 34.3 Å². The number of nitrogens with one attached hydrogen (secondary N) is 1. The quantitative estimate of drug-likeness (QED) is 0.866. The molecule has 0 radical (unpaired) electrons. The van der Waals surface area contributed by atoms with E-state index in [0.717, 1.165) is 0 Å². The predicted octanol–water partition coefficient (Wildman–Crippen LogP) is 1.87. The third-order valence-corrected chi connectivity index (χ3v) is 3.22. The van der Waals surface area contributed by atoms with Crippen LogP contribution >= 0.6 is 11.6 Å². The third-order valence-electron chi connectivity index (χ3n) is 2.81. The number of aliphatic carboxylic acids is 1. The van der Waals surface area contributed by atoms with Crippen LogP contribution in [-0.4, -0.2) is 36.2 Å². The summed E-state index contributed by atoms with van der Waals surface area (Å²) in [4.78, 5) is 23.3. The lowest BCUT2D eigenvalue weighted by Gasteiger charge is -2.25. The summed E-state index contributed by atoms with van der Waals surface area (Å²) >= 11 is 5.93. The van der Waals surface area contributed by atoms with Crippen LogP contribution in [0.1, 0.15) is 22.8 Å². The van der Waals surface area contributed by atoms with Gasteiger partial charge in [-0.25, -0.2) is 4.79 Å². The average Bonchev–Trinajstić information content (AvgIpc) is 2.32. The van der Waals surface area contributed by atoms with Crippen LogP contribution in [0.5, 0.6) is 0 Å². The van der Waals surface area contributed by atoms with Gasteiger partial charge in [-0.3, -0.25) is 4.79 Å². The zero-order valence-electron chi connectivity index (χ0n) is 11.0. The predicted molar refractivity (Wildman–Crippen MR) is 71.6 cm³/mol. The molecule has 1 amide bonds. The minimum Gasteiger partial charge on any atom is -0.479 e. The lowest BCUT2D eigenvalue weighted by Crippen LogP contribution is -2.55. The van der Waals surface area contributed by atoms with Gasteiger partial charge in [0.15, 0.2) is 5.54 Å². The molecule has 1 unspecified atom stereocenters. The second kappa shape index (κ2) is 6.04. The van der Waals surface area contributed by atoms with E-state index in [-0.39, 0.29) is 6.61 Å². The number of carbonyl (C=O) groups is 2. The summed E-state index contributed by atoms with van der Waals surface area (Å²) in [5.41, 5.74) is -0.538. The molecule has 0 spiro atoms. The topological polar surface area (TPSA) is 75.6 Å². The Morgan fingerprint density at radius 1 is 1.47 bits per heavy atom. The smallest absolute Gasteiger partial charge is 0.331 e. The number of carboxylic acids is 1. The number of hydrogen-bond donors (Lipinski definition) is 2. The van der Waals surface area contributed by atoms with Gasteiger partial charge in [-0.2, -0.15) is 0 Å². The van der Waals surface area contributed by atoms with Gasteiger partial charge in [0.25, 0.3) is 5.91 Å². The molecule has 0 aromatic heterocycles. The fourth-order valence-electron chi connectivity index (χ4n) is 1.61. The van der Waals surface area contributed by atoms with Crippen molar-refractivity contribution >= 4 is 23.5 Å². The Balaban J connectivity index is 3.01. The Labute approximate surface area is 116 Å². The fourth-order valence-corrected chi connectivity index (χ4v) is 1.79. The minimum absolute atomic E-state index is 0.131. The largest absolute Gasteiger partial charge is 0.479 e. The van der Waals surface area contributed by atoms with Crippen molar-refractivity contribution in [2.75, 3.05) is 13.7 Å².